The van der Waals surface area contributed by atoms with E-state index >= 15 is 0 Å². The van der Waals surface area contributed by atoms with Gasteiger partial charge in [0, 0.05) is 10.6 Å². The van der Waals surface area contributed by atoms with E-state index < -0.39 is 28.0 Å². The van der Waals surface area contributed by atoms with Crippen LogP contribution in [0, 0.1) is 0 Å². The minimum atomic E-state index is -3.55. The lowest BCUT2D eigenvalue weighted by Gasteiger charge is -2.03. The molecule has 1 heterocycles. The van der Waals surface area contributed by atoms with Gasteiger partial charge in [0.25, 0.3) is 0 Å². The van der Waals surface area contributed by atoms with Crippen LogP contribution in [0.15, 0.2) is 17.0 Å². The first kappa shape index (κ1) is 10.6. The summed E-state index contributed by atoms with van der Waals surface area (Å²) in [4.78, 5) is 11.4. The van der Waals surface area contributed by atoms with E-state index in [4.69, 9.17) is 16.7 Å². The minimum Gasteiger partial charge on any atom is -0.392 e. The van der Waals surface area contributed by atoms with Crippen LogP contribution in [0.4, 0.5) is 0 Å². The second kappa shape index (κ2) is 3.30. The Hall–Kier alpha value is -0.910. The molecule has 0 atom stereocenters. The second-order valence-electron chi connectivity index (χ2n) is 3.28. The van der Waals surface area contributed by atoms with E-state index in [-0.39, 0.29) is 21.0 Å². The van der Waals surface area contributed by atoms with E-state index in [1.54, 1.807) is 0 Å². The first-order chi connectivity index (χ1) is 6.95. The monoisotopic (exact) mass is 246 g/mol. The fraction of sp³-hybridized carbons (Fsp3) is 0.222. The standard InChI is InChI=1S/C9H7ClO4S/c10-6-1-5(3-11)9-7(12)4-15(13,14)8(9)2-6/h1-2,11H,3-4H2. The lowest BCUT2D eigenvalue weighted by atomic mass is 10.1. The number of aliphatic hydroxyl groups is 1. The number of halogens is 1. The summed E-state index contributed by atoms with van der Waals surface area (Å²) in [6, 6.07) is 2.65. The third-order valence-corrected chi connectivity index (χ3v) is 4.11. The van der Waals surface area contributed by atoms with Gasteiger partial charge in [-0.2, -0.15) is 0 Å². The number of carbonyl (C=O) groups excluding carboxylic acids is 1. The third kappa shape index (κ3) is 1.56. The van der Waals surface area contributed by atoms with Gasteiger partial charge in [0.15, 0.2) is 15.6 Å². The summed E-state index contributed by atoms with van der Waals surface area (Å²) in [5.41, 5.74) is 0.352. The van der Waals surface area contributed by atoms with Crippen molar-refractivity contribution in [1.29, 1.82) is 0 Å². The number of ketones is 1. The van der Waals surface area contributed by atoms with Crippen molar-refractivity contribution in [2.24, 2.45) is 0 Å². The molecule has 1 N–H and O–H groups in total. The van der Waals surface area contributed by atoms with Crippen LogP contribution in [0.5, 0.6) is 0 Å². The van der Waals surface area contributed by atoms with E-state index in [9.17, 15) is 13.2 Å². The Kier molecular flexibility index (Phi) is 2.33. The van der Waals surface area contributed by atoms with Gasteiger partial charge < -0.3 is 5.11 Å². The Morgan fingerprint density at radius 3 is 2.67 bits per heavy atom. The molecular formula is C9H7ClO4S. The maximum atomic E-state index is 11.5. The molecule has 0 spiro atoms. The van der Waals surface area contributed by atoms with Crippen LogP contribution in [0.1, 0.15) is 15.9 Å². The summed E-state index contributed by atoms with van der Waals surface area (Å²) >= 11 is 5.70. The van der Waals surface area contributed by atoms with Crippen LogP contribution < -0.4 is 0 Å². The number of benzene rings is 1. The first-order valence-electron chi connectivity index (χ1n) is 4.15. The smallest absolute Gasteiger partial charge is 0.186 e. The number of sulfone groups is 1. The zero-order valence-electron chi connectivity index (χ0n) is 7.53. The van der Waals surface area contributed by atoms with Crippen molar-refractivity contribution in [1.82, 2.24) is 0 Å². The molecule has 0 aromatic heterocycles. The predicted octanol–water partition coefficient (Wildman–Crippen LogP) is 0.802. The van der Waals surface area contributed by atoms with Crippen LogP contribution in [0.25, 0.3) is 0 Å². The van der Waals surface area contributed by atoms with Crippen molar-refractivity contribution in [3.8, 4) is 0 Å². The van der Waals surface area contributed by atoms with Crippen LogP contribution in [-0.2, 0) is 16.4 Å². The molecule has 0 amide bonds. The van der Waals surface area contributed by atoms with Crippen molar-refractivity contribution in [2.45, 2.75) is 11.5 Å². The first-order valence-corrected chi connectivity index (χ1v) is 6.18. The van der Waals surface area contributed by atoms with E-state index in [1.165, 1.54) is 12.1 Å². The highest BCUT2D eigenvalue weighted by Gasteiger charge is 2.35. The lowest BCUT2D eigenvalue weighted by molar-refractivity contribution is 0.102. The summed E-state index contributed by atoms with van der Waals surface area (Å²) in [6.07, 6.45) is 0. The van der Waals surface area contributed by atoms with Crippen molar-refractivity contribution in [3.05, 3.63) is 28.3 Å². The summed E-state index contributed by atoms with van der Waals surface area (Å²) in [7, 11) is -3.55. The van der Waals surface area contributed by atoms with E-state index in [0.717, 1.165) is 0 Å². The number of fused-ring (bicyclic) bond motifs is 1. The number of hydrogen-bond donors (Lipinski definition) is 1. The Labute approximate surface area is 91.4 Å². The topological polar surface area (TPSA) is 71.4 Å². The molecule has 1 aliphatic rings. The molecule has 0 aliphatic carbocycles. The molecule has 1 aromatic rings. The quantitative estimate of drug-likeness (QED) is 0.796. The molecule has 0 fully saturated rings. The Morgan fingerprint density at radius 1 is 1.40 bits per heavy atom. The number of rotatable bonds is 1. The van der Waals surface area contributed by atoms with Crippen LogP contribution >= 0.6 is 11.6 Å². The van der Waals surface area contributed by atoms with Gasteiger partial charge in [-0.15, -0.1) is 0 Å². The summed E-state index contributed by atoms with van der Waals surface area (Å²) in [6.45, 7) is -0.399. The molecule has 4 nitrogen and oxygen atoms in total. The largest absolute Gasteiger partial charge is 0.392 e. The van der Waals surface area contributed by atoms with Crippen molar-refractivity contribution < 1.29 is 18.3 Å². The number of aliphatic hydroxyl groups excluding tert-OH is 1. The summed E-state index contributed by atoms with van der Waals surface area (Å²) < 4.78 is 23.0. The van der Waals surface area contributed by atoms with Gasteiger partial charge in [0.05, 0.1) is 11.5 Å². The molecule has 6 heteroatoms. The van der Waals surface area contributed by atoms with Gasteiger partial charge in [-0.1, -0.05) is 11.6 Å². The van der Waals surface area contributed by atoms with Crippen molar-refractivity contribution in [3.63, 3.8) is 0 Å². The van der Waals surface area contributed by atoms with Gasteiger partial charge in [-0.25, -0.2) is 8.42 Å². The maximum Gasteiger partial charge on any atom is 0.186 e. The molecule has 0 saturated heterocycles. The molecular weight excluding hydrogens is 240 g/mol. The zero-order valence-corrected chi connectivity index (χ0v) is 9.10. The second-order valence-corrected chi connectivity index (χ2v) is 5.67. The predicted molar refractivity (Wildman–Crippen MR) is 53.8 cm³/mol. The van der Waals surface area contributed by atoms with E-state index in [0.29, 0.717) is 0 Å². The Morgan fingerprint density at radius 2 is 2.07 bits per heavy atom. The highest BCUT2D eigenvalue weighted by atomic mass is 35.5. The van der Waals surface area contributed by atoms with E-state index in [1.807, 2.05) is 0 Å². The number of Topliss-reactive ketones (excluding diaryl/α,β-unsaturated/α-hetero) is 1. The Bertz CT molecular complexity index is 547. The minimum absolute atomic E-state index is 0.0657. The molecule has 80 valence electrons. The maximum absolute atomic E-state index is 11.5. The highest BCUT2D eigenvalue weighted by Crippen LogP contribution is 2.31. The van der Waals surface area contributed by atoms with Crippen molar-refractivity contribution >= 4 is 27.2 Å². The lowest BCUT2D eigenvalue weighted by Crippen LogP contribution is -2.04. The highest BCUT2D eigenvalue weighted by molar-refractivity contribution is 7.92. The van der Waals surface area contributed by atoms with Crippen LogP contribution in [0.2, 0.25) is 5.02 Å². The fourth-order valence-electron chi connectivity index (χ4n) is 1.64. The fourth-order valence-corrected chi connectivity index (χ4v) is 3.46. The van der Waals surface area contributed by atoms with Gasteiger partial charge in [0.2, 0.25) is 0 Å². The molecule has 0 saturated carbocycles. The normalized spacial score (nSPS) is 17.9. The van der Waals surface area contributed by atoms with Gasteiger partial charge >= 0.3 is 0 Å². The molecule has 0 bridgehead atoms. The van der Waals surface area contributed by atoms with E-state index in [2.05, 4.69) is 0 Å². The summed E-state index contributed by atoms with van der Waals surface area (Å²) in [5, 5.41) is 9.21. The average molecular weight is 247 g/mol. The van der Waals surface area contributed by atoms with Gasteiger partial charge in [-0.3, -0.25) is 4.79 Å². The Balaban J connectivity index is 2.84. The van der Waals surface area contributed by atoms with Crippen LogP contribution in [-0.4, -0.2) is 25.1 Å². The third-order valence-electron chi connectivity index (χ3n) is 2.25. The molecule has 0 unspecified atom stereocenters. The van der Waals surface area contributed by atoms with Gasteiger partial charge in [0.1, 0.15) is 5.75 Å². The molecule has 0 radical (unpaired) electrons. The SMILES string of the molecule is O=C1CS(=O)(=O)c2cc(Cl)cc(CO)c21. The van der Waals surface area contributed by atoms with Crippen LogP contribution in [0.3, 0.4) is 0 Å². The molecule has 2 rings (SSSR count). The molecule has 1 aliphatic heterocycles. The average Bonchev–Trinajstić information content (AvgIpc) is 2.36. The zero-order chi connectivity index (χ0) is 11.2. The molecule has 1 aromatic carbocycles. The molecule has 15 heavy (non-hydrogen) atoms. The summed E-state index contributed by atoms with van der Waals surface area (Å²) in [5.74, 6) is -1.01. The van der Waals surface area contributed by atoms with Gasteiger partial charge in [-0.05, 0) is 17.7 Å². The number of carbonyl (C=O) groups is 1. The van der Waals surface area contributed by atoms with Crippen molar-refractivity contribution in [2.75, 3.05) is 5.75 Å². The number of hydrogen-bond acceptors (Lipinski definition) is 4.